The van der Waals surface area contributed by atoms with Crippen LogP contribution in [-0.2, 0) is 11.2 Å². The molecule has 3 N–H and O–H groups in total. The van der Waals surface area contributed by atoms with Gasteiger partial charge in [-0.3, -0.25) is 4.79 Å². The highest BCUT2D eigenvalue weighted by atomic mass is 35.5. The average Bonchev–Trinajstić information content (AvgIpc) is 2.33. The summed E-state index contributed by atoms with van der Waals surface area (Å²) in [6.45, 7) is 2.54. The molecule has 0 heterocycles. The van der Waals surface area contributed by atoms with Gasteiger partial charge in [0.25, 0.3) is 0 Å². The van der Waals surface area contributed by atoms with Gasteiger partial charge in [0.2, 0.25) is 0 Å². The first-order valence-corrected chi connectivity index (χ1v) is 6.35. The van der Waals surface area contributed by atoms with Gasteiger partial charge in [0.15, 0.2) is 0 Å². The maximum Gasteiger partial charge on any atom is 0.314 e. The summed E-state index contributed by atoms with van der Waals surface area (Å²) in [5.41, 5.74) is 2.10. The number of halogens is 1. The third kappa shape index (κ3) is 6.10. The molecule has 0 atom stereocenters. The van der Waals surface area contributed by atoms with Gasteiger partial charge in [0.1, 0.15) is 0 Å². The van der Waals surface area contributed by atoms with Crippen LogP contribution in [0.2, 0.25) is 5.02 Å². The fraction of sp³-hybridized carbons (Fsp3) is 0.385. The number of rotatable bonds is 6. The Morgan fingerprint density at radius 1 is 1.26 bits per heavy atom. The minimum atomic E-state index is -0.933. The van der Waals surface area contributed by atoms with Crippen molar-refractivity contribution in [2.45, 2.75) is 19.8 Å². The first-order chi connectivity index (χ1) is 8.99. The number of aryl methyl sites for hydroxylation is 1. The number of carbonyl (C=O) groups excluding carboxylic acids is 1. The summed E-state index contributed by atoms with van der Waals surface area (Å²) in [7, 11) is 0. The van der Waals surface area contributed by atoms with Gasteiger partial charge in [-0.15, -0.1) is 0 Å². The Morgan fingerprint density at radius 2 is 1.95 bits per heavy atom. The molecule has 5 nitrogen and oxygen atoms in total. The number of carboxylic acids is 1. The van der Waals surface area contributed by atoms with Crippen LogP contribution in [0.5, 0.6) is 0 Å². The summed E-state index contributed by atoms with van der Waals surface area (Å²) in [5.74, 6) is -0.933. The van der Waals surface area contributed by atoms with E-state index in [9.17, 15) is 9.59 Å². The van der Waals surface area contributed by atoms with E-state index in [0.717, 1.165) is 16.1 Å². The molecule has 6 heteroatoms. The monoisotopic (exact) mass is 284 g/mol. The van der Waals surface area contributed by atoms with E-state index in [4.69, 9.17) is 16.7 Å². The van der Waals surface area contributed by atoms with Gasteiger partial charge >= 0.3 is 12.0 Å². The van der Waals surface area contributed by atoms with Crippen molar-refractivity contribution in [2.75, 3.05) is 13.1 Å². The Balaban J connectivity index is 2.24. The third-order valence-electron chi connectivity index (χ3n) is 2.55. The Kier molecular flexibility index (Phi) is 6.15. The lowest BCUT2D eigenvalue weighted by Crippen LogP contribution is -2.37. The van der Waals surface area contributed by atoms with E-state index >= 15 is 0 Å². The Hall–Kier alpha value is -1.75. The molecule has 0 unspecified atom stereocenters. The van der Waals surface area contributed by atoms with E-state index in [0.29, 0.717) is 13.0 Å². The highest BCUT2D eigenvalue weighted by Gasteiger charge is 2.02. The number of carbonyl (C=O) groups is 2. The van der Waals surface area contributed by atoms with Gasteiger partial charge in [-0.1, -0.05) is 23.7 Å². The molecule has 0 aliphatic carbocycles. The molecule has 0 radical (unpaired) electrons. The van der Waals surface area contributed by atoms with E-state index in [1.807, 2.05) is 25.1 Å². The van der Waals surface area contributed by atoms with E-state index in [2.05, 4.69) is 10.6 Å². The van der Waals surface area contributed by atoms with Gasteiger partial charge in [-0.2, -0.15) is 0 Å². The topological polar surface area (TPSA) is 78.4 Å². The maximum atomic E-state index is 11.3. The minimum Gasteiger partial charge on any atom is -0.481 e. The predicted molar refractivity (Wildman–Crippen MR) is 73.5 cm³/mol. The lowest BCUT2D eigenvalue weighted by Gasteiger charge is -2.07. The summed E-state index contributed by atoms with van der Waals surface area (Å²) in [5, 5.41) is 14.3. The predicted octanol–water partition coefficient (Wildman–Crippen LogP) is 1.96. The van der Waals surface area contributed by atoms with Crippen LogP contribution in [0.15, 0.2) is 18.2 Å². The molecule has 2 amide bonds. The molecule has 1 rings (SSSR count). The maximum absolute atomic E-state index is 11.3. The van der Waals surface area contributed by atoms with Crippen LogP contribution in [0.4, 0.5) is 4.79 Å². The van der Waals surface area contributed by atoms with E-state index in [1.165, 1.54) is 0 Å². The number of hydrogen-bond acceptors (Lipinski definition) is 2. The van der Waals surface area contributed by atoms with Gasteiger partial charge in [0, 0.05) is 18.1 Å². The number of urea groups is 1. The molecule has 0 bridgehead atoms. The van der Waals surface area contributed by atoms with Crippen LogP contribution in [0.1, 0.15) is 17.5 Å². The lowest BCUT2D eigenvalue weighted by molar-refractivity contribution is -0.136. The first-order valence-electron chi connectivity index (χ1n) is 5.97. The summed E-state index contributed by atoms with van der Waals surface area (Å²) in [6, 6.07) is 5.37. The number of hydrogen-bond donors (Lipinski definition) is 3. The van der Waals surface area contributed by atoms with Crippen LogP contribution in [-0.4, -0.2) is 30.2 Å². The zero-order valence-electron chi connectivity index (χ0n) is 10.7. The number of nitrogens with one attached hydrogen (secondary N) is 2. The molecule has 1 aromatic carbocycles. The van der Waals surface area contributed by atoms with Crippen molar-refractivity contribution in [2.24, 2.45) is 0 Å². The smallest absolute Gasteiger partial charge is 0.314 e. The molecule has 0 saturated carbocycles. The van der Waals surface area contributed by atoms with Crippen LogP contribution in [0, 0.1) is 6.92 Å². The Labute approximate surface area is 117 Å². The van der Waals surface area contributed by atoms with E-state index in [1.54, 1.807) is 0 Å². The number of aliphatic carboxylic acids is 1. The molecule has 0 aliphatic rings. The normalized spacial score (nSPS) is 10.0. The summed E-state index contributed by atoms with van der Waals surface area (Å²) in [6.07, 6.45) is 0.619. The van der Waals surface area contributed by atoms with Crippen molar-refractivity contribution in [3.8, 4) is 0 Å². The lowest BCUT2D eigenvalue weighted by atomic mass is 10.1. The van der Waals surface area contributed by atoms with Crippen molar-refractivity contribution in [1.82, 2.24) is 10.6 Å². The van der Waals surface area contributed by atoms with Crippen LogP contribution in [0.25, 0.3) is 0 Å². The SMILES string of the molecule is Cc1cc(CCNC(=O)NCCC(=O)O)ccc1Cl. The highest BCUT2D eigenvalue weighted by molar-refractivity contribution is 6.31. The zero-order valence-corrected chi connectivity index (χ0v) is 11.5. The summed E-state index contributed by atoms with van der Waals surface area (Å²) in [4.78, 5) is 21.6. The fourth-order valence-electron chi connectivity index (χ4n) is 1.53. The van der Waals surface area contributed by atoms with Crippen LogP contribution < -0.4 is 10.6 Å². The second-order valence-corrected chi connectivity index (χ2v) is 4.57. The van der Waals surface area contributed by atoms with Gasteiger partial charge < -0.3 is 15.7 Å². The molecule has 0 aromatic heterocycles. The zero-order chi connectivity index (χ0) is 14.3. The molecular formula is C13H17ClN2O3. The van der Waals surface area contributed by atoms with Crippen molar-refractivity contribution >= 4 is 23.6 Å². The Bertz CT molecular complexity index is 463. The molecule has 0 saturated heterocycles. The number of amides is 2. The van der Waals surface area contributed by atoms with Gasteiger partial charge in [-0.05, 0) is 30.5 Å². The molecule has 0 aliphatic heterocycles. The molecule has 0 spiro atoms. The van der Waals surface area contributed by atoms with Crippen molar-refractivity contribution in [1.29, 1.82) is 0 Å². The molecule has 1 aromatic rings. The average molecular weight is 285 g/mol. The standard InChI is InChI=1S/C13H17ClN2O3/c1-9-8-10(2-3-11(9)14)4-6-15-13(19)16-7-5-12(17)18/h2-3,8H,4-7H2,1H3,(H,17,18)(H2,15,16,19). The van der Waals surface area contributed by atoms with Gasteiger partial charge in [-0.25, -0.2) is 4.79 Å². The molecule has 104 valence electrons. The van der Waals surface area contributed by atoms with Crippen molar-refractivity contribution < 1.29 is 14.7 Å². The Morgan fingerprint density at radius 3 is 2.58 bits per heavy atom. The van der Waals surface area contributed by atoms with Crippen molar-refractivity contribution in [3.05, 3.63) is 34.3 Å². The largest absolute Gasteiger partial charge is 0.481 e. The number of benzene rings is 1. The van der Waals surface area contributed by atoms with E-state index in [-0.39, 0.29) is 19.0 Å². The summed E-state index contributed by atoms with van der Waals surface area (Å²) >= 11 is 5.92. The van der Waals surface area contributed by atoms with Crippen LogP contribution >= 0.6 is 11.6 Å². The third-order valence-corrected chi connectivity index (χ3v) is 2.97. The first kappa shape index (κ1) is 15.3. The second kappa shape index (κ2) is 7.63. The molecular weight excluding hydrogens is 268 g/mol. The molecule has 19 heavy (non-hydrogen) atoms. The van der Waals surface area contributed by atoms with Crippen molar-refractivity contribution in [3.63, 3.8) is 0 Å². The highest BCUT2D eigenvalue weighted by Crippen LogP contribution is 2.16. The quantitative estimate of drug-likeness (QED) is 0.747. The fourth-order valence-corrected chi connectivity index (χ4v) is 1.65. The second-order valence-electron chi connectivity index (χ2n) is 4.16. The molecule has 0 fully saturated rings. The van der Waals surface area contributed by atoms with E-state index < -0.39 is 5.97 Å². The summed E-state index contributed by atoms with van der Waals surface area (Å²) < 4.78 is 0. The van der Waals surface area contributed by atoms with Gasteiger partial charge in [0.05, 0.1) is 6.42 Å². The van der Waals surface area contributed by atoms with Crippen LogP contribution in [0.3, 0.4) is 0 Å². The number of carboxylic acid groups (broad SMARTS) is 1. The minimum absolute atomic E-state index is 0.0796.